The van der Waals surface area contributed by atoms with Crippen LogP contribution in [-0.4, -0.2) is 44.8 Å². The van der Waals surface area contributed by atoms with Gasteiger partial charge < -0.3 is 20.9 Å². The Morgan fingerprint density at radius 1 is 1.16 bits per heavy atom. The van der Waals surface area contributed by atoms with Crippen molar-refractivity contribution in [2.45, 2.75) is 43.8 Å². The van der Waals surface area contributed by atoms with Crippen molar-refractivity contribution in [1.29, 1.82) is 0 Å². The van der Waals surface area contributed by atoms with Crippen molar-refractivity contribution >= 4 is 34.6 Å². The van der Waals surface area contributed by atoms with E-state index >= 15 is 0 Å². The molecule has 2 aromatic heterocycles. The van der Waals surface area contributed by atoms with Crippen LogP contribution in [-0.2, 0) is 4.79 Å². The molecular formula is C24H24FN5O2. The van der Waals surface area contributed by atoms with Gasteiger partial charge in [-0.15, -0.1) is 0 Å². The molecule has 1 aromatic carbocycles. The van der Waals surface area contributed by atoms with Crippen LogP contribution in [0.15, 0.2) is 48.8 Å². The number of H-pyrrole nitrogens is 1. The zero-order chi connectivity index (χ0) is 22.2. The Balaban J connectivity index is 1.32. The Hall–Kier alpha value is -3.68. The summed E-state index contributed by atoms with van der Waals surface area (Å²) in [6.45, 7) is 0. The number of hydrogen-bond donors (Lipinski definition) is 3. The lowest BCUT2D eigenvalue weighted by molar-refractivity contribution is -0.130. The number of nitrogens with one attached hydrogen (secondary N) is 2. The van der Waals surface area contributed by atoms with Crippen molar-refractivity contribution in [3.8, 4) is 0 Å². The van der Waals surface area contributed by atoms with E-state index in [-0.39, 0.29) is 29.8 Å². The number of anilines is 1. The number of primary amides is 1. The van der Waals surface area contributed by atoms with Crippen LogP contribution in [0.3, 0.4) is 0 Å². The topological polar surface area (TPSA) is 104 Å². The third kappa shape index (κ3) is 3.72. The van der Waals surface area contributed by atoms with E-state index in [0.29, 0.717) is 16.9 Å². The molecule has 0 radical (unpaired) electrons. The number of halogens is 1. The summed E-state index contributed by atoms with van der Waals surface area (Å²) in [5, 5.41) is 4.36. The normalized spacial score (nSPS) is 22.5. The van der Waals surface area contributed by atoms with Gasteiger partial charge in [0.15, 0.2) is 0 Å². The van der Waals surface area contributed by atoms with Crippen LogP contribution in [0, 0.1) is 5.82 Å². The highest BCUT2D eigenvalue weighted by Gasteiger charge is 2.42. The third-order valence-corrected chi connectivity index (χ3v) is 6.48. The minimum absolute atomic E-state index is 0.0185. The first-order chi connectivity index (χ1) is 15.5. The second kappa shape index (κ2) is 8.11. The number of rotatable bonds is 5. The van der Waals surface area contributed by atoms with Gasteiger partial charge in [0.2, 0.25) is 5.91 Å². The Morgan fingerprint density at radius 3 is 2.56 bits per heavy atom. The number of carbonyl (C=O) groups excluding carboxylic acids is 2. The molecule has 5 rings (SSSR count). The summed E-state index contributed by atoms with van der Waals surface area (Å²) >= 11 is 0. The largest absolute Gasteiger partial charge is 0.381 e. The van der Waals surface area contributed by atoms with Gasteiger partial charge in [-0.05, 0) is 55.5 Å². The van der Waals surface area contributed by atoms with Crippen LogP contribution in [0.5, 0.6) is 0 Å². The molecule has 4 heterocycles. The maximum absolute atomic E-state index is 13.1. The van der Waals surface area contributed by atoms with Crippen molar-refractivity contribution in [2.24, 2.45) is 5.73 Å². The van der Waals surface area contributed by atoms with Gasteiger partial charge in [0, 0.05) is 42.0 Å². The lowest BCUT2D eigenvalue weighted by atomic mass is 9.96. The number of pyridine rings is 1. The summed E-state index contributed by atoms with van der Waals surface area (Å²) in [6, 6.07) is 8.33. The Morgan fingerprint density at radius 2 is 1.88 bits per heavy atom. The van der Waals surface area contributed by atoms with E-state index in [1.165, 1.54) is 18.3 Å². The zero-order valence-electron chi connectivity index (χ0n) is 17.4. The maximum atomic E-state index is 13.1. The Labute approximate surface area is 184 Å². The predicted molar refractivity (Wildman–Crippen MR) is 120 cm³/mol. The molecule has 7 nitrogen and oxygen atoms in total. The predicted octanol–water partition coefficient (Wildman–Crippen LogP) is 3.45. The van der Waals surface area contributed by atoms with Crippen LogP contribution < -0.4 is 11.1 Å². The summed E-state index contributed by atoms with van der Waals surface area (Å²) in [5.74, 6) is -0.841. The van der Waals surface area contributed by atoms with E-state index < -0.39 is 5.91 Å². The first-order valence-electron chi connectivity index (χ1n) is 10.8. The molecule has 2 amide bonds. The number of carbonyl (C=O) groups is 2. The maximum Gasteiger partial charge on any atom is 0.252 e. The van der Waals surface area contributed by atoms with Gasteiger partial charge in [-0.3, -0.25) is 9.59 Å². The van der Waals surface area contributed by atoms with Crippen LogP contribution in [0.2, 0.25) is 0 Å². The highest BCUT2D eigenvalue weighted by atomic mass is 19.1. The average Bonchev–Trinajstić information content (AvgIpc) is 3.36. The number of nitrogens with two attached hydrogens (primary N) is 1. The molecular weight excluding hydrogens is 409 g/mol. The first kappa shape index (κ1) is 20.2. The molecule has 2 saturated heterocycles. The molecule has 0 aliphatic carbocycles. The molecule has 0 saturated carbocycles. The van der Waals surface area contributed by atoms with Gasteiger partial charge in [0.05, 0.1) is 11.3 Å². The summed E-state index contributed by atoms with van der Waals surface area (Å²) in [6.07, 6.45) is 10.1. The fourth-order valence-electron chi connectivity index (χ4n) is 5.04. The average molecular weight is 433 g/mol. The Bertz CT molecular complexity index is 1190. The summed E-state index contributed by atoms with van der Waals surface area (Å²) in [5.41, 5.74) is 8.13. The molecule has 3 atom stereocenters. The minimum Gasteiger partial charge on any atom is -0.381 e. The fraction of sp³-hybridized carbons (Fsp3) is 0.292. The molecule has 2 fully saturated rings. The van der Waals surface area contributed by atoms with Crippen LogP contribution in [0.4, 0.5) is 10.1 Å². The number of amides is 2. The number of aromatic nitrogens is 2. The number of piperidine rings is 1. The molecule has 3 aromatic rings. The summed E-state index contributed by atoms with van der Waals surface area (Å²) in [7, 11) is 0. The second-order valence-electron chi connectivity index (χ2n) is 8.48. The van der Waals surface area contributed by atoms with Gasteiger partial charge in [-0.1, -0.05) is 12.1 Å². The molecule has 32 heavy (non-hydrogen) atoms. The van der Waals surface area contributed by atoms with Crippen LogP contribution in [0.25, 0.3) is 17.1 Å². The number of fused-ring (bicyclic) bond motifs is 3. The van der Waals surface area contributed by atoms with Crippen molar-refractivity contribution < 1.29 is 14.0 Å². The van der Waals surface area contributed by atoms with Gasteiger partial charge in [-0.2, -0.15) is 0 Å². The van der Waals surface area contributed by atoms with E-state index in [1.807, 2.05) is 11.0 Å². The van der Waals surface area contributed by atoms with Gasteiger partial charge in [0.25, 0.3) is 5.91 Å². The van der Waals surface area contributed by atoms with E-state index in [9.17, 15) is 14.0 Å². The van der Waals surface area contributed by atoms with E-state index in [4.69, 9.17) is 5.73 Å². The second-order valence-corrected chi connectivity index (χ2v) is 8.48. The number of nitrogens with zero attached hydrogens (tertiary/aromatic N) is 2. The van der Waals surface area contributed by atoms with E-state index in [2.05, 4.69) is 15.3 Å². The van der Waals surface area contributed by atoms with Crippen LogP contribution in [0.1, 0.15) is 41.6 Å². The monoisotopic (exact) mass is 433 g/mol. The molecule has 164 valence electrons. The molecule has 2 aliphatic rings. The minimum atomic E-state index is -0.524. The Kier molecular flexibility index (Phi) is 5.13. The molecule has 1 unspecified atom stereocenters. The van der Waals surface area contributed by atoms with E-state index in [0.717, 1.165) is 36.6 Å². The quantitative estimate of drug-likeness (QED) is 0.536. The van der Waals surface area contributed by atoms with Crippen molar-refractivity contribution in [1.82, 2.24) is 14.9 Å². The van der Waals surface area contributed by atoms with Gasteiger partial charge in [-0.25, -0.2) is 9.37 Å². The third-order valence-electron chi connectivity index (χ3n) is 6.48. The molecule has 2 bridgehead atoms. The zero-order valence-corrected chi connectivity index (χ0v) is 17.4. The molecule has 0 spiro atoms. The van der Waals surface area contributed by atoms with Gasteiger partial charge >= 0.3 is 0 Å². The van der Waals surface area contributed by atoms with Gasteiger partial charge in [0.1, 0.15) is 11.5 Å². The van der Waals surface area contributed by atoms with Crippen molar-refractivity contribution in [3.05, 3.63) is 65.7 Å². The lowest BCUT2D eigenvalue weighted by Gasteiger charge is -2.39. The SMILES string of the molecule is NC(=O)c1cnc2[nH]ccc2c1NC1C[C@H]2CC[C@@H](C1)N2C(=O)/C=C/c1ccc(F)cc1. The van der Waals surface area contributed by atoms with Crippen molar-refractivity contribution in [3.63, 3.8) is 0 Å². The molecule has 4 N–H and O–H groups in total. The summed E-state index contributed by atoms with van der Waals surface area (Å²) < 4.78 is 13.1. The number of benzene rings is 1. The van der Waals surface area contributed by atoms with Crippen LogP contribution >= 0.6 is 0 Å². The number of hydrogen-bond acceptors (Lipinski definition) is 4. The van der Waals surface area contributed by atoms with Crippen molar-refractivity contribution in [2.75, 3.05) is 5.32 Å². The highest BCUT2D eigenvalue weighted by molar-refractivity contribution is 6.06. The standard InChI is InChI=1S/C24H24FN5O2/c25-15-4-1-14(2-5-15)3-8-21(31)30-17-6-7-18(30)12-16(11-17)29-22-19-9-10-27-24(19)28-13-20(22)23(26)32/h1-5,8-10,13,16-18H,6-7,11-12H2,(H2,26,32)(H2,27,28,29)/b8-3+/t16?,17-,18+. The molecule has 2 aliphatic heterocycles. The lowest BCUT2D eigenvalue weighted by Crippen LogP contribution is -2.49. The molecule has 8 heteroatoms. The first-order valence-corrected chi connectivity index (χ1v) is 10.8. The number of aromatic amines is 1. The highest BCUT2D eigenvalue weighted by Crippen LogP contribution is 2.38. The smallest absolute Gasteiger partial charge is 0.252 e. The van der Waals surface area contributed by atoms with E-state index in [1.54, 1.807) is 30.5 Å². The fourth-order valence-corrected chi connectivity index (χ4v) is 5.04. The summed E-state index contributed by atoms with van der Waals surface area (Å²) in [4.78, 5) is 34.2.